The number of amides is 1. The predicted octanol–water partition coefficient (Wildman–Crippen LogP) is 3.62. The van der Waals surface area contributed by atoms with E-state index in [1.807, 2.05) is 30.5 Å². The van der Waals surface area contributed by atoms with Crippen LogP contribution >= 0.6 is 23.5 Å². The molecule has 1 amide bonds. The van der Waals surface area contributed by atoms with Gasteiger partial charge in [0.05, 0.1) is 5.75 Å². The average Bonchev–Trinajstić information content (AvgIpc) is 2.82. The SMILES string of the molecule is Cc1cc(SC#N)ccc1NC(=O)CSc1nnc2n1CCCCC2. The molecule has 1 aromatic heterocycles. The van der Waals surface area contributed by atoms with Crippen molar-refractivity contribution < 1.29 is 4.79 Å². The number of fused-ring (bicyclic) bond motifs is 1. The maximum Gasteiger partial charge on any atom is 0.234 e. The molecule has 0 unspecified atom stereocenters. The molecule has 0 saturated heterocycles. The summed E-state index contributed by atoms with van der Waals surface area (Å²) in [7, 11) is 0. The number of carbonyl (C=O) groups excluding carboxylic acids is 1. The van der Waals surface area contributed by atoms with Crippen molar-refractivity contribution in [1.29, 1.82) is 5.26 Å². The van der Waals surface area contributed by atoms with E-state index < -0.39 is 0 Å². The topological polar surface area (TPSA) is 83.6 Å². The van der Waals surface area contributed by atoms with Crippen LogP contribution in [-0.4, -0.2) is 26.4 Å². The number of thioether (sulfide) groups is 2. The van der Waals surface area contributed by atoms with Crippen LogP contribution in [0.5, 0.6) is 0 Å². The Morgan fingerprint density at radius 2 is 2.24 bits per heavy atom. The average molecular weight is 374 g/mol. The van der Waals surface area contributed by atoms with Crippen molar-refractivity contribution in [2.75, 3.05) is 11.1 Å². The third-order valence-corrected chi connectivity index (χ3v) is 5.59. The van der Waals surface area contributed by atoms with Crippen LogP contribution in [-0.2, 0) is 17.8 Å². The number of aromatic nitrogens is 3. The first-order valence-corrected chi connectivity index (χ1v) is 9.99. The van der Waals surface area contributed by atoms with Gasteiger partial charge in [-0.2, -0.15) is 5.26 Å². The number of anilines is 1. The summed E-state index contributed by atoms with van der Waals surface area (Å²) in [5, 5.41) is 23.0. The molecule has 3 rings (SSSR count). The maximum atomic E-state index is 12.3. The fourth-order valence-corrected chi connectivity index (χ4v) is 4.03. The van der Waals surface area contributed by atoms with Gasteiger partial charge in [-0.3, -0.25) is 4.79 Å². The number of nitriles is 1. The Balaban J connectivity index is 1.59. The molecule has 1 N–H and O–H groups in total. The molecule has 2 aromatic rings. The number of thiocyanates is 1. The van der Waals surface area contributed by atoms with Crippen LogP contribution in [0.15, 0.2) is 28.3 Å². The molecule has 0 spiro atoms. The molecule has 1 aliphatic heterocycles. The van der Waals surface area contributed by atoms with Gasteiger partial charge in [0.15, 0.2) is 5.16 Å². The highest BCUT2D eigenvalue weighted by molar-refractivity contribution is 8.03. The van der Waals surface area contributed by atoms with Gasteiger partial charge in [0.25, 0.3) is 0 Å². The minimum absolute atomic E-state index is 0.0697. The normalized spacial score (nSPS) is 13.6. The van der Waals surface area contributed by atoms with Gasteiger partial charge >= 0.3 is 0 Å². The number of benzene rings is 1. The summed E-state index contributed by atoms with van der Waals surface area (Å²) in [4.78, 5) is 13.1. The zero-order valence-electron chi connectivity index (χ0n) is 14.0. The first kappa shape index (κ1) is 17.8. The minimum atomic E-state index is -0.0697. The van der Waals surface area contributed by atoms with E-state index in [4.69, 9.17) is 5.26 Å². The second kappa shape index (κ2) is 8.41. The minimum Gasteiger partial charge on any atom is -0.325 e. The van der Waals surface area contributed by atoms with Crippen LogP contribution in [0, 0.1) is 17.6 Å². The summed E-state index contributed by atoms with van der Waals surface area (Å²) in [6, 6.07) is 5.57. The molecule has 8 heteroatoms. The second-order valence-electron chi connectivity index (χ2n) is 5.87. The van der Waals surface area contributed by atoms with Crippen LogP contribution in [0.1, 0.15) is 30.7 Å². The third kappa shape index (κ3) is 4.55. The first-order valence-electron chi connectivity index (χ1n) is 8.18. The lowest BCUT2D eigenvalue weighted by atomic mass is 10.2. The number of hydrogen-bond donors (Lipinski definition) is 1. The van der Waals surface area contributed by atoms with E-state index in [2.05, 4.69) is 20.1 Å². The van der Waals surface area contributed by atoms with E-state index in [0.717, 1.165) is 64.7 Å². The summed E-state index contributed by atoms with van der Waals surface area (Å²) >= 11 is 2.54. The van der Waals surface area contributed by atoms with Gasteiger partial charge in [0.2, 0.25) is 5.91 Å². The van der Waals surface area contributed by atoms with Crippen molar-refractivity contribution in [3.05, 3.63) is 29.6 Å². The Kier molecular flexibility index (Phi) is 6.00. The highest BCUT2D eigenvalue weighted by atomic mass is 32.2. The van der Waals surface area contributed by atoms with E-state index in [1.165, 1.54) is 18.2 Å². The molecular formula is C17H19N5OS2. The molecule has 1 aliphatic rings. The quantitative estimate of drug-likeness (QED) is 0.637. The first-order chi connectivity index (χ1) is 12.2. The van der Waals surface area contributed by atoms with Crippen LogP contribution in [0.2, 0.25) is 0 Å². The van der Waals surface area contributed by atoms with Gasteiger partial charge in [-0.25, -0.2) is 0 Å². The third-order valence-electron chi connectivity index (χ3n) is 4.04. The number of carbonyl (C=O) groups is 1. The van der Waals surface area contributed by atoms with Crippen molar-refractivity contribution in [2.45, 2.75) is 49.2 Å². The monoisotopic (exact) mass is 373 g/mol. The van der Waals surface area contributed by atoms with Crippen molar-refractivity contribution >= 4 is 35.1 Å². The standard InChI is InChI=1S/C17H19N5OS2/c1-12-9-13(25-11-18)6-7-14(12)19-16(23)10-24-17-21-20-15-5-3-2-4-8-22(15)17/h6-7,9H,2-5,8,10H2,1H3,(H,19,23). The van der Waals surface area contributed by atoms with Crippen LogP contribution < -0.4 is 5.32 Å². The lowest BCUT2D eigenvalue weighted by Crippen LogP contribution is -2.15. The maximum absolute atomic E-state index is 12.3. The molecule has 0 saturated carbocycles. The highest BCUT2D eigenvalue weighted by Crippen LogP contribution is 2.25. The molecule has 0 radical (unpaired) electrons. The van der Waals surface area contributed by atoms with Gasteiger partial charge in [0, 0.05) is 23.5 Å². The Labute approximate surface area is 155 Å². The van der Waals surface area contributed by atoms with E-state index in [1.54, 1.807) is 0 Å². The van der Waals surface area contributed by atoms with Crippen molar-refractivity contribution in [2.24, 2.45) is 0 Å². The summed E-state index contributed by atoms with van der Waals surface area (Å²) < 4.78 is 2.14. The van der Waals surface area contributed by atoms with Gasteiger partial charge in [0.1, 0.15) is 11.2 Å². The molecule has 1 aromatic carbocycles. The number of nitrogens with one attached hydrogen (secondary N) is 1. The van der Waals surface area contributed by atoms with Gasteiger partial charge < -0.3 is 9.88 Å². The molecule has 130 valence electrons. The Bertz CT molecular complexity index is 812. The van der Waals surface area contributed by atoms with E-state index in [-0.39, 0.29) is 5.91 Å². The lowest BCUT2D eigenvalue weighted by molar-refractivity contribution is -0.113. The zero-order valence-corrected chi connectivity index (χ0v) is 15.6. The van der Waals surface area contributed by atoms with Gasteiger partial charge in [-0.1, -0.05) is 18.2 Å². The molecule has 2 heterocycles. The van der Waals surface area contributed by atoms with Crippen LogP contribution in [0.4, 0.5) is 5.69 Å². The fraction of sp³-hybridized carbons (Fsp3) is 0.412. The molecule has 0 bridgehead atoms. The van der Waals surface area contributed by atoms with Gasteiger partial charge in [-0.05, 0) is 55.3 Å². The van der Waals surface area contributed by atoms with Crippen molar-refractivity contribution in [1.82, 2.24) is 14.8 Å². The zero-order chi connectivity index (χ0) is 17.6. The van der Waals surface area contributed by atoms with Crippen molar-refractivity contribution in [3.8, 4) is 5.40 Å². The second-order valence-corrected chi connectivity index (χ2v) is 7.67. The van der Waals surface area contributed by atoms with E-state index in [0.29, 0.717) is 5.75 Å². The highest BCUT2D eigenvalue weighted by Gasteiger charge is 2.16. The lowest BCUT2D eigenvalue weighted by Gasteiger charge is -2.09. The summed E-state index contributed by atoms with van der Waals surface area (Å²) in [5.74, 6) is 1.26. The Morgan fingerprint density at radius 3 is 3.04 bits per heavy atom. The van der Waals surface area contributed by atoms with Crippen LogP contribution in [0.25, 0.3) is 0 Å². The molecule has 0 atom stereocenters. The number of aryl methyl sites for hydroxylation is 2. The molecule has 0 aliphatic carbocycles. The Morgan fingerprint density at radius 1 is 1.36 bits per heavy atom. The number of nitrogens with zero attached hydrogens (tertiary/aromatic N) is 4. The summed E-state index contributed by atoms with van der Waals surface area (Å²) in [6.45, 7) is 2.85. The Hall–Kier alpha value is -1.98. The predicted molar refractivity (Wildman–Crippen MR) is 99.6 cm³/mol. The van der Waals surface area contributed by atoms with Crippen LogP contribution in [0.3, 0.4) is 0 Å². The molecule has 25 heavy (non-hydrogen) atoms. The smallest absolute Gasteiger partial charge is 0.234 e. The number of rotatable bonds is 5. The van der Waals surface area contributed by atoms with Crippen molar-refractivity contribution in [3.63, 3.8) is 0 Å². The summed E-state index contributed by atoms with van der Waals surface area (Å²) in [6.07, 6.45) is 4.47. The van der Waals surface area contributed by atoms with Gasteiger partial charge in [-0.15, -0.1) is 10.2 Å². The molecule has 0 fully saturated rings. The molecule has 6 nitrogen and oxygen atoms in total. The van der Waals surface area contributed by atoms with E-state index >= 15 is 0 Å². The van der Waals surface area contributed by atoms with E-state index in [9.17, 15) is 4.79 Å². The molecular weight excluding hydrogens is 354 g/mol. The number of hydrogen-bond acceptors (Lipinski definition) is 6. The fourth-order valence-electron chi connectivity index (χ4n) is 2.77. The summed E-state index contributed by atoms with van der Waals surface area (Å²) in [5.41, 5.74) is 1.71. The largest absolute Gasteiger partial charge is 0.325 e.